The zero-order valence-electron chi connectivity index (χ0n) is 28.0. The number of methoxy groups -OCH3 is 1. The monoisotopic (exact) mass is 674 g/mol. The van der Waals surface area contributed by atoms with Gasteiger partial charge in [0, 0.05) is 96.1 Å². The Balaban J connectivity index is 1.24. The Morgan fingerprint density at radius 3 is 2.25 bits per heavy atom. The van der Waals surface area contributed by atoms with Gasteiger partial charge >= 0.3 is 6.18 Å². The van der Waals surface area contributed by atoms with Gasteiger partial charge in [-0.05, 0) is 67.5 Å². The van der Waals surface area contributed by atoms with Crippen molar-refractivity contribution >= 4 is 17.5 Å². The van der Waals surface area contributed by atoms with Crippen molar-refractivity contribution in [1.29, 1.82) is 0 Å². The molecular formula is C36H46F4N4O4. The third-order valence-electron chi connectivity index (χ3n) is 10.9. The zero-order chi connectivity index (χ0) is 34.2. The first kappa shape index (κ1) is 34.5. The highest BCUT2D eigenvalue weighted by Gasteiger charge is 2.57. The van der Waals surface area contributed by atoms with E-state index in [0.717, 1.165) is 30.0 Å². The van der Waals surface area contributed by atoms with Crippen LogP contribution in [-0.4, -0.2) is 112 Å². The van der Waals surface area contributed by atoms with Gasteiger partial charge in [0.15, 0.2) is 0 Å². The average Bonchev–Trinajstić information content (AvgIpc) is 3.73. The number of piperidine rings is 1. The van der Waals surface area contributed by atoms with Gasteiger partial charge in [-0.3, -0.25) is 14.5 Å². The van der Waals surface area contributed by atoms with Gasteiger partial charge in [0.25, 0.3) is 5.91 Å². The number of hydrogen-bond acceptors (Lipinski definition) is 6. The number of nitrogens with zero attached hydrogens (tertiary/aromatic N) is 4. The van der Waals surface area contributed by atoms with Crippen LogP contribution in [0, 0.1) is 5.92 Å². The van der Waals surface area contributed by atoms with E-state index in [0.29, 0.717) is 70.1 Å². The SMILES string of the molecule is COc1ccc([C@@H]2CN(C3CCOCC3)C[C@@]2(F)C(=O)N2CC[C@@H](c3ccc(C(F)(F)F)cc3N3CCC(C(=O)N(C)C)CC3)C2)cc1. The first-order valence-electron chi connectivity index (χ1n) is 17.0. The molecule has 0 unspecified atom stereocenters. The molecule has 0 saturated carbocycles. The fraction of sp³-hybridized carbons (Fsp3) is 0.611. The topological polar surface area (TPSA) is 65.6 Å². The van der Waals surface area contributed by atoms with Gasteiger partial charge in [-0.25, -0.2) is 4.39 Å². The van der Waals surface area contributed by atoms with E-state index in [1.807, 2.05) is 17.0 Å². The number of amides is 2. The zero-order valence-corrected chi connectivity index (χ0v) is 28.0. The Labute approximate surface area is 279 Å². The number of benzene rings is 2. The number of ether oxygens (including phenoxy) is 2. The molecule has 12 heteroatoms. The predicted molar refractivity (Wildman–Crippen MR) is 174 cm³/mol. The number of carbonyl (C=O) groups excluding carboxylic acids is 2. The van der Waals surface area contributed by atoms with Crippen LogP contribution in [0.4, 0.5) is 23.2 Å². The molecule has 4 saturated heterocycles. The summed E-state index contributed by atoms with van der Waals surface area (Å²) < 4.78 is 70.0. The van der Waals surface area contributed by atoms with Crippen molar-refractivity contribution in [2.24, 2.45) is 5.92 Å². The highest BCUT2D eigenvalue weighted by molar-refractivity contribution is 5.88. The first-order valence-corrected chi connectivity index (χ1v) is 17.0. The van der Waals surface area contributed by atoms with Gasteiger partial charge in [-0.15, -0.1) is 0 Å². The fourth-order valence-electron chi connectivity index (χ4n) is 8.13. The van der Waals surface area contributed by atoms with E-state index in [1.165, 1.54) is 12.1 Å². The van der Waals surface area contributed by atoms with Crippen LogP contribution in [0.15, 0.2) is 42.5 Å². The molecule has 0 bridgehead atoms. The number of anilines is 1. The van der Waals surface area contributed by atoms with E-state index in [-0.39, 0.29) is 36.9 Å². The van der Waals surface area contributed by atoms with E-state index in [4.69, 9.17) is 9.47 Å². The summed E-state index contributed by atoms with van der Waals surface area (Å²) in [5.41, 5.74) is -0.949. The Morgan fingerprint density at radius 2 is 1.62 bits per heavy atom. The van der Waals surface area contributed by atoms with E-state index in [1.54, 1.807) is 43.1 Å². The lowest BCUT2D eigenvalue weighted by molar-refractivity contribution is -0.143. The van der Waals surface area contributed by atoms with Crippen LogP contribution >= 0.6 is 0 Å². The summed E-state index contributed by atoms with van der Waals surface area (Å²) in [6.07, 6.45) is -1.34. The van der Waals surface area contributed by atoms with E-state index in [2.05, 4.69) is 4.90 Å². The molecule has 4 heterocycles. The summed E-state index contributed by atoms with van der Waals surface area (Å²) in [5, 5.41) is 0. The van der Waals surface area contributed by atoms with Crippen molar-refractivity contribution < 1.29 is 36.6 Å². The molecule has 8 nitrogen and oxygen atoms in total. The molecule has 4 aliphatic heterocycles. The number of carbonyl (C=O) groups is 2. The van der Waals surface area contributed by atoms with Crippen molar-refractivity contribution in [1.82, 2.24) is 14.7 Å². The highest BCUT2D eigenvalue weighted by atomic mass is 19.4. The molecule has 0 radical (unpaired) electrons. The number of hydrogen-bond donors (Lipinski definition) is 0. The molecule has 48 heavy (non-hydrogen) atoms. The first-order chi connectivity index (χ1) is 22.9. The minimum absolute atomic E-state index is 0.0134. The summed E-state index contributed by atoms with van der Waals surface area (Å²) >= 11 is 0. The number of likely N-dealkylation sites (tertiary alicyclic amines) is 2. The van der Waals surface area contributed by atoms with Gasteiger partial charge in [0.1, 0.15) is 5.75 Å². The summed E-state index contributed by atoms with van der Waals surface area (Å²) in [7, 11) is 4.99. The molecule has 2 aromatic rings. The molecule has 6 rings (SSSR count). The highest BCUT2D eigenvalue weighted by Crippen LogP contribution is 2.45. The van der Waals surface area contributed by atoms with Gasteiger partial charge in [0.2, 0.25) is 11.6 Å². The Hall–Kier alpha value is -3.38. The maximum absolute atomic E-state index is 17.5. The summed E-state index contributed by atoms with van der Waals surface area (Å²) in [4.78, 5) is 34.0. The Bertz CT molecular complexity index is 1460. The van der Waals surface area contributed by atoms with Crippen molar-refractivity contribution in [3.05, 3.63) is 59.2 Å². The molecule has 0 aromatic heterocycles. The number of halogens is 4. The van der Waals surface area contributed by atoms with Gasteiger partial charge in [-0.2, -0.15) is 13.2 Å². The summed E-state index contributed by atoms with van der Waals surface area (Å²) in [6, 6.07) is 11.2. The second kappa shape index (κ2) is 13.9. The van der Waals surface area contributed by atoms with Gasteiger partial charge < -0.3 is 24.2 Å². The largest absolute Gasteiger partial charge is 0.497 e. The van der Waals surface area contributed by atoms with E-state index >= 15 is 4.39 Å². The van der Waals surface area contributed by atoms with E-state index in [9.17, 15) is 22.8 Å². The normalized spacial score (nSPS) is 26.2. The number of rotatable bonds is 7. The minimum Gasteiger partial charge on any atom is -0.497 e. The predicted octanol–water partition coefficient (Wildman–Crippen LogP) is 5.32. The lowest BCUT2D eigenvalue weighted by atomic mass is 9.85. The third kappa shape index (κ3) is 6.88. The molecule has 262 valence electrons. The maximum atomic E-state index is 17.5. The van der Waals surface area contributed by atoms with Crippen LogP contribution in [0.1, 0.15) is 60.6 Å². The molecule has 4 fully saturated rings. The smallest absolute Gasteiger partial charge is 0.416 e. The van der Waals surface area contributed by atoms with Crippen molar-refractivity contribution in [2.75, 3.05) is 78.6 Å². The fourth-order valence-corrected chi connectivity index (χ4v) is 8.13. The summed E-state index contributed by atoms with van der Waals surface area (Å²) in [6.45, 7) is 3.06. The van der Waals surface area contributed by atoms with Crippen LogP contribution in [0.2, 0.25) is 0 Å². The average molecular weight is 675 g/mol. The van der Waals surface area contributed by atoms with Gasteiger partial charge in [0.05, 0.1) is 12.7 Å². The minimum atomic E-state index is -4.51. The molecular weight excluding hydrogens is 628 g/mol. The lowest BCUT2D eigenvalue weighted by Gasteiger charge is -2.36. The molecule has 2 aromatic carbocycles. The number of alkyl halides is 4. The van der Waals surface area contributed by atoms with Crippen molar-refractivity contribution in [2.45, 2.75) is 61.8 Å². The van der Waals surface area contributed by atoms with Crippen LogP contribution in [0.5, 0.6) is 5.75 Å². The third-order valence-corrected chi connectivity index (χ3v) is 10.9. The molecule has 0 aliphatic carbocycles. The van der Waals surface area contributed by atoms with Crippen molar-refractivity contribution in [3.63, 3.8) is 0 Å². The molecule has 4 aliphatic rings. The molecule has 2 amide bonds. The van der Waals surface area contributed by atoms with E-state index < -0.39 is 29.2 Å². The quantitative estimate of drug-likeness (QED) is 0.371. The lowest BCUT2D eigenvalue weighted by Crippen LogP contribution is -2.50. The Kier molecular flexibility index (Phi) is 9.95. The van der Waals surface area contributed by atoms with Gasteiger partial charge in [-0.1, -0.05) is 18.2 Å². The van der Waals surface area contributed by atoms with Crippen LogP contribution in [0.25, 0.3) is 0 Å². The Morgan fingerprint density at radius 1 is 0.938 bits per heavy atom. The van der Waals surface area contributed by atoms with Crippen LogP contribution < -0.4 is 9.64 Å². The second-order valence-electron chi connectivity index (χ2n) is 14.0. The molecule has 0 N–H and O–H groups in total. The standard InChI is InChI=1S/C36H46F4N4O4/c1-41(2)33(45)25-10-15-42(16-11-25)32-20-27(36(38,39)40)6-9-30(32)26-12-17-43(21-26)34(46)35(37)23-44(28-13-18-48-19-14-28)22-31(35)24-4-7-29(47-3)8-5-24/h4-9,20,25-26,28,31H,10-19,21-23H2,1-3H3/t26-,31+,35+/m1/s1. The molecule has 3 atom stereocenters. The van der Waals surface area contributed by atoms with Crippen LogP contribution in [-0.2, 0) is 20.5 Å². The van der Waals surface area contributed by atoms with Crippen LogP contribution in [0.3, 0.4) is 0 Å². The molecule has 0 spiro atoms. The maximum Gasteiger partial charge on any atom is 0.416 e. The summed E-state index contributed by atoms with van der Waals surface area (Å²) in [5.74, 6) is -0.973. The van der Waals surface area contributed by atoms with Crippen molar-refractivity contribution in [3.8, 4) is 5.75 Å². The second-order valence-corrected chi connectivity index (χ2v) is 14.0.